The third kappa shape index (κ3) is 5.64. The van der Waals surface area contributed by atoms with Crippen LogP contribution in [0.25, 0.3) is 106 Å². The van der Waals surface area contributed by atoms with Crippen molar-refractivity contribution in [3.63, 3.8) is 0 Å². The summed E-state index contributed by atoms with van der Waals surface area (Å²) in [6.07, 6.45) is 0. The summed E-state index contributed by atoms with van der Waals surface area (Å²) >= 11 is 0. The smallest absolute Gasteiger partial charge is 0.160 e. The summed E-state index contributed by atoms with van der Waals surface area (Å²) in [5.74, 6) is 0.658. The molecule has 4 nitrogen and oxygen atoms in total. The largest absolute Gasteiger partial charge is 0.231 e. The van der Waals surface area contributed by atoms with E-state index in [-0.39, 0.29) is 0 Å². The highest BCUT2D eigenvalue weighted by Crippen LogP contribution is 2.63. The minimum Gasteiger partial charge on any atom is -0.231 e. The van der Waals surface area contributed by atoms with Gasteiger partial charge in [-0.25, -0.2) is 14.5 Å². The van der Waals surface area contributed by atoms with E-state index in [0.717, 1.165) is 78.0 Å². The predicted octanol–water partition coefficient (Wildman–Crippen LogP) is 15.6. The van der Waals surface area contributed by atoms with Gasteiger partial charge in [0.1, 0.15) is 5.69 Å². The molecule has 2 aliphatic carbocycles. The van der Waals surface area contributed by atoms with Crippen LogP contribution in [0.1, 0.15) is 22.3 Å². The molecule has 12 aromatic rings. The summed E-state index contributed by atoms with van der Waals surface area (Å²) in [5, 5.41) is 7.77. The lowest BCUT2D eigenvalue weighted by Crippen LogP contribution is -2.25. The van der Waals surface area contributed by atoms with Crippen LogP contribution in [-0.4, -0.2) is 19.6 Å². The molecule has 0 atom stereocenters. The number of hydrogen-bond acceptors (Lipinski definition) is 3. The molecule has 3 heterocycles. The normalized spacial score (nSPS) is 12.8. The van der Waals surface area contributed by atoms with Crippen LogP contribution in [0, 0.1) is 0 Å². The van der Waals surface area contributed by atoms with Crippen molar-refractivity contribution in [2.45, 2.75) is 5.41 Å². The van der Waals surface area contributed by atoms with Gasteiger partial charge in [-0.3, -0.25) is 0 Å². The lowest BCUT2D eigenvalue weighted by molar-refractivity contribution is 0.794. The molecule has 0 radical (unpaired) electrons. The standard InChI is InChI=1S/C64H40N4/c1-4-19-41(20-5-1)57-40-58(45-35-36-52-51-31-14-17-34-55(51)64(56(52)38-45)53-32-15-12-29-49(53)50-30-13-16-33-54(50)64)66-63(65-57)47-27-18-26-46(37-47)60-61(43-23-8-3-9-24-43)67-68-59(42-21-6-2-7-22-42)39-44-25-10-11-28-48(44)62(60)68/h1-40H. The van der Waals surface area contributed by atoms with Gasteiger partial charge in [-0.2, -0.15) is 5.10 Å². The molecule has 0 amide bonds. The van der Waals surface area contributed by atoms with Gasteiger partial charge in [0.25, 0.3) is 0 Å². The topological polar surface area (TPSA) is 43.1 Å². The molecule has 316 valence electrons. The van der Waals surface area contributed by atoms with Gasteiger partial charge in [-0.05, 0) is 79.7 Å². The first-order valence-electron chi connectivity index (χ1n) is 23.3. The zero-order chi connectivity index (χ0) is 44.8. The number of nitrogens with zero attached hydrogens (tertiary/aromatic N) is 4. The van der Waals surface area contributed by atoms with Crippen molar-refractivity contribution >= 4 is 16.3 Å². The lowest BCUT2D eigenvalue weighted by atomic mass is 9.70. The van der Waals surface area contributed by atoms with Crippen LogP contribution >= 0.6 is 0 Å². The van der Waals surface area contributed by atoms with Crippen LogP contribution in [0.15, 0.2) is 243 Å². The van der Waals surface area contributed by atoms with Gasteiger partial charge < -0.3 is 0 Å². The fourth-order valence-corrected chi connectivity index (χ4v) is 11.3. The molecule has 9 aromatic carbocycles. The van der Waals surface area contributed by atoms with Crippen molar-refractivity contribution in [3.05, 3.63) is 265 Å². The van der Waals surface area contributed by atoms with Crippen LogP contribution in [0.2, 0.25) is 0 Å². The molecule has 0 fully saturated rings. The first kappa shape index (κ1) is 38.3. The van der Waals surface area contributed by atoms with Gasteiger partial charge in [-0.15, -0.1) is 0 Å². The Morgan fingerprint density at radius 3 is 1.51 bits per heavy atom. The Labute approximate surface area is 394 Å². The Balaban J connectivity index is 0.989. The van der Waals surface area contributed by atoms with E-state index in [1.807, 2.05) is 0 Å². The zero-order valence-corrected chi connectivity index (χ0v) is 36.9. The summed E-state index contributed by atoms with van der Waals surface area (Å²) in [5.41, 5.74) is 21.9. The van der Waals surface area contributed by atoms with Crippen LogP contribution in [0.3, 0.4) is 0 Å². The average molecular weight is 865 g/mol. The number of pyridine rings is 1. The second-order valence-corrected chi connectivity index (χ2v) is 17.9. The minimum absolute atomic E-state index is 0.461. The molecule has 68 heavy (non-hydrogen) atoms. The van der Waals surface area contributed by atoms with Gasteiger partial charge >= 0.3 is 0 Å². The summed E-state index contributed by atoms with van der Waals surface area (Å²) in [6.45, 7) is 0. The molecule has 0 saturated heterocycles. The zero-order valence-electron chi connectivity index (χ0n) is 36.9. The molecular weight excluding hydrogens is 825 g/mol. The predicted molar refractivity (Wildman–Crippen MR) is 277 cm³/mol. The Kier molecular flexibility index (Phi) is 8.46. The molecule has 0 bridgehead atoms. The quantitative estimate of drug-likeness (QED) is 0.167. The van der Waals surface area contributed by atoms with E-state index < -0.39 is 5.41 Å². The van der Waals surface area contributed by atoms with Crippen molar-refractivity contribution in [1.29, 1.82) is 0 Å². The fourth-order valence-electron chi connectivity index (χ4n) is 11.3. The highest BCUT2D eigenvalue weighted by atomic mass is 15.2. The molecule has 0 N–H and O–H groups in total. The molecule has 2 aliphatic rings. The summed E-state index contributed by atoms with van der Waals surface area (Å²) in [6, 6.07) is 87.2. The second kappa shape index (κ2) is 15.0. The second-order valence-electron chi connectivity index (χ2n) is 17.9. The van der Waals surface area contributed by atoms with E-state index in [0.29, 0.717) is 5.82 Å². The van der Waals surface area contributed by atoms with E-state index in [1.54, 1.807) is 0 Å². The van der Waals surface area contributed by atoms with E-state index >= 15 is 0 Å². The number of rotatable bonds is 6. The summed E-state index contributed by atoms with van der Waals surface area (Å²) < 4.78 is 2.15. The van der Waals surface area contributed by atoms with E-state index in [1.165, 1.54) is 44.5 Å². The maximum atomic E-state index is 5.51. The molecule has 1 spiro atoms. The summed E-state index contributed by atoms with van der Waals surface area (Å²) in [7, 11) is 0. The lowest BCUT2D eigenvalue weighted by Gasteiger charge is -2.30. The van der Waals surface area contributed by atoms with Crippen molar-refractivity contribution in [3.8, 4) is 89.8 Å². The molecule has 3 aromatic heterocycles. The molecule has 14 rings (SSSR count). The van der Waals surface area contributed by atoms with Gasteiger partial charge in [0.2, 0.25) is 0 Å². The van der Waals surface area contributed by atoms with Gasteiger partial charge in [-0.1, -0.05) is 218 Å². The fraction of sp³-hybridized carbons (Fsp3) is 0.0156. The molecule has 0 unspecified atom stereocenters. The molecule has 0 aliphatic heterocycles. The van der Waals surface area contributed by atoms with Crippen LogP contribution < -0.4 is 0 Å². The third-order valence-electron chi connectivity index (χ3n) is 14.2. The Morgan fingerprint density at radius 1 is 0.338 bits per heavy atom. The number of benzene rings is 9. The first-order valence-corrected chi connectivity index (χ1v) is 23.3. The van der Waals surface area contributed by atoms with E-state index in [9.17, 15) is 0 Å². The van der Waals surface area contributed by atoms with Crippen molar-refractivity contribution < 1.29 is 0 Å². The molecule has 0 saturated carbocycles. The maximum Gasteiger partial charge on any atom is 0.160 e. The van der Waals surface area contributed by atoms with Gasteiger partial charge in [0.15, 0.2) is 5.82 Å². The Morgan fingerprint density at radius 2 is 0.853 bits per heavy atom. The Bertz CT molecular complexity index is 3900. The minimum atomic E-state index is -0.461. The van der Waals surface area contributed by atoms with Crippen LogP contribution in [-0.2, 0) is 5.41 Å². The number of aromatic nitrogens is 4. The number of hydrogen-bond donors (Lipinski definition) is 0. The van der Waals surface area contributed by atoms with Gasteiger partial charge in [0, 0.05) is 38.8 Å². The summed E-state index contributed by atoms with van der Waals surface area (Å²) in [4.78, 5) is 10.9. The molecular formula is C64H40N4. The Hall–Kier alpha value is -8.99. The van der Waals surface area contributed by atoms with E-state index in [4.69, 9.17) is 15.1 Å². The van der Waals surface area contributed by atoms with Gasteiger partial charge in [0.05, 0.1) is 28.0 Å². The average Bonchev–Trinajstić information content (AvgIpc) is 4.07. The van der Waals surface area contributed by atoms with Crippen LogP contribution in [0.5, 0.6) is 0 Å². The molecule has 4 heteroatoms. The van der Waals surface area contributed by atoms with E-state index in [2.05, 4.69) is 247 Å². The van der Waals surface area contributed by atoms with Crippen molar-refractivity contribution in [2.75, 3.05) is 0 Å². The number of fused-ring (bicyclic) bond motifs is 13. The van der Waals surface area contributed by atoms with Crippen molar-refractivity contribution in [2.24, 2.45) is 0 Å². The highest BCUT2D eigenvalue weighted by Gasteiger charge is 2.51. The van der Waals surface area contributed by atoms with Crippen molar-refractivity contribution in [1.82, 2.24) is 19.6 Å². The highest BCUT2D eigenvalue weighted by molar-refractivity contribution is 6.09. The van der Waals surface area contributed by atoms with Crippen LogP contribution in [0.4, 0.5) is 0 Å². The monoisotopic (exact) mass is 864 g/mol. The SMILES string of the molecule is c1ccc(-c2cc(-c3ccc4c(c3)C3(c5ccccc5-c5ccccc53)c3ccccc3-4)nc(-c3cccc(-c4c(-c5ccccc5)nn5c(-c6ccccc6)cc6ccccc6c45)c3)n2)cc1. The third-order valence-corrected chi connectivity index (χ3v) is 14.2. The first-order chi connectivity index (χ1) is 33.7. The maximum absolute atomic E-state index is 5.51.